The van der Waals surface area contributed by atoms with Crippen molar-refractivity contribution in [3.8, 4) is 5.69 Å². The Morgan fingerprint density at radius 1 is 1.31 bits per heavy atom. The van der Waals surface area contributed by atoms with E-state index in [0.717, 1.165) is 11.4 Å². The van der Waals surface area contributed by atoms with Crippen LogP contribution in [0.15, 0.2) is 42.6 Å². The number of aromatic nitrogens is 2. The maximum Gasteiger partial charge on any atom is 0.119 e. The van der Waals surface area contributed by atoms with Gasteiger partial charge in [0.2, 0.25) is 0 Å². The van der Waals surface area contributed by atoms with Crippen LogP contribution in [0.25, 0.3) is 5.69 Å². The van der Waals surface area contributed by atoms with Crippen molar-refractivity contribution in [2.75, 3.05) is 13.7 Å². The number of ether oxygens (including phenoxy) is 1. The van der Waals surface area contributed by atoms with Crippen LogP contribution in [0.1, 0.15) is 11.8 Å². The summed E-state index contributed by atoms with van der Waals surface area (Å²) in [6, 6.07) is 11.5. The van der Waals surface area contributed by atoms with E-state index >= 15 is 0 Å². The fourth-order valence-corrected chi connectivity index (χ4v) is 1.59. The maximum absolute atomic E-state index is 9.87. The summed E-state index contributed by atoms with van der Waals surface area (Å²) in [6.07, 6.45) is 1.01. The van der Waals surface area contributed by atoms with Gasteiger partial charge in [0.25, 0.3) is 0 Å². The van der Waals surface area contributed by atoms with E-state index in [1.165, 1.54) is 0 Å². The molecule has 1 atom stereocenters. The second-order valence-electron chi connectivity index (χ2n) is 3.47. The predicted molar refractivity (Wildman–Crippen MR) is 60.4 cm³/mol. The fraction of sp³-hybridized carbons (Fsp3) is 0.250. The Hall–Kier alpha value is -1.65. The Labute approximate surface area is 94.1 Å². The maximum atomic E-state index is 9.87. The Bertz CT molecular complexity index is 439. The van der Waals surface area contributed by atoms with Crippen molar-refractivity contribution in [1.82, 2.24) is 9.78 Å². The number of para-hydroxylation sites is 1. The molecule has 0 amide bonds. The Morgan fingerprint density at radius 3 is 2.75 bits per heavy atom. The minimum absolute atomic E-state index is 0.262. The highest BCUT2D eigenvalue weighted by Crippen LogP contribution is 2.16. The third-order valence-electron chi connectivity index (χ3n) is 2.34. The lowest BCUT2D eigenvalue weighted by Gasteiger charge is -2.12. The lowest BCUT2D eigenvalue weighted by Crippen LogP contribution is -2.11. The van der Waals surface area contributed by atoms with E-state index in [-0.39, 0.29) is 6.61 Å². The third-order valence-corrected chi connectivity index (χ3v) is 2.34. The number of rotatable bonds is 4. The summed E-state index contributed by atoms with van der Waals surface area (Å²) < 4.78 is 6.64. The van der Waals surface area contributed by atoms with Crippen LogP contribution < -0.4 is 0 Å². The second kappa shape index (κ2) is 4.92. The van der Waals surface area contributed by atoms with Crippen LogP contribution in [0.4, 0.5) is 0 Å². The van der Waals surface area contributed by atoms with Gasteiger partial charge in [0.05, 0.1) is 18.0 Å². The van der Waals surface area contributed by atoms with Crippen molar-refractivity contribution in [3.05, 3.63) is 48.3 Å². The standard InChI is InChI=1S/C12H14N2O2/c1-16-9-12(15)11-7-8-13-14(11)10-5-3-2-4-6-10/h2-8,12,15H,9H2,1H3. The lowest BCUT2D eigenvalue weighted by molar-refractivity contribution is 0.0602. The molecule has 0 saturated heterocycles. The van der Waals surface area contributed by atoms with Gasteiger partial charge in [-0.2, -0.15) is 5.10 Å². The number of aliphatic hydroxyl groups is 1. The quantitative estimate of drug-likeness (QED) is 0.847. The molecule has 84 valence electrons. The molecule has 1 unspecified atom stereocenters. The summed E-state index contributed by atoms with van der Waals surface area (Å²) in [5.74, 6) is 0. The number of hydrogen-bond acceptors (Lipinski definition) is 3. The normalized spacial score (nSPS) is 12.6. The first-order valence-corrected chi connectivity index (χ1v) is 5.09. The minimum atomic E-state index is -0.660. The van der Waals surface area contributed by atoms with E-state index in [0.29, 0.717) is 0 Å². The highest BCUT2D eigenvalue weighted by atomic mass is 16.5. The van der Waals surface area contributed by atoms with E-state index in [9.17, 15) is 5.11 Å². The highest BCUT2D eigenvalue weighted by Gasteiger charge is 2.13. The van der Waals surface area contributed by atoms with E-state index < -0.39 is 6.10 Å². The summed E-state index contributed by atoms with van der Waals surface area (Å²) in [4.78, 5) is 0. The van der Waals surface area contributed by atoms with Crippen molar-refractivity contribution in [2.45, 2.75) is 6.10 Å². The number of hydrogen-bond donors (Lipinski definition) is 1. The van der Waals surface area contributed by atoms with Crippen molar-refractivity contribution < 1.29 is 9.84 Å². The molecule has 0 radical (unpaired) electrons. The summed E-state index contributed by atoms with van der Waals surface area (Å²) in [6.45, 7) is 0.262. The number of benzene rings is 1. The molecule has 1 heterocycles. The SMILES string of the molecule is COCC(O)c1ccnn1-c1ccccc1. The average Bonchev–Trinajstić information content (AvgIpc) is 2.79. The van der Waals surface area contributed by atoms with Gasteiger partial charge in [0.15, 0.2) is 0 Å². The van der Waals surface area contributed by atoms with Crippen LogP contribution >= 0.6 is 0 Å². The number of aliphatic hydroxyl groups excluding tert-OH is 1. The van der Waals surface area contributed by atoms with Gasteiger partial charge in [0, 0.05) is 13.3 Å². The van der Waals surface area contributed by atoms with Crippen LogP contribution in [0, 0.1) is 0 Å². The van der Waals surface area contributed by atoms with Crippen LogP contribution in [0.2, 0.25) is 0 Å². The van der Waals surface area contributed by atoms with Gasteiger partial charge in [-0.05, 0) is 18.2 Å². The molecule has 0 spiro atoms. The third kappa shape index (κ3) is 2.13. The van der Waals surface area contributed by atoms with E-state index in [1.807, 2.05) is 30.3 Å². The van der Waals surface area contributed by atoms with E-state index in [1.54, 1.807) is 24.1 Å². The van der Waals surface area contributed by atoms with Gasteiger partial charge in [0.1, 0.15) is 6.10 Å². The molecule has 16 heavy (non-hydrogen) atoms. The van der Waals surface area contributed by atoms with Gasteiger partial charge in [-0.3, -0.25) is 0 Å². The molecule has 1 aromatic heterocycles. The van der Waals surface area contributed by atoms with Gasteiger partial charge in [-0.1, -0.05) is 18.2 Å². The summed E-state index contributed by atoms with van der Waals surface area (Å²) in [7, 11) is 1.56. The van der Waals surface area contributed by atoms with Crippen molar-refractivity contribution >= 4 is 0 Å². The monoisotopic (exact) mass is 218 g/mol. The van der Waals surface area contributed by atoms with Crippen LogP contribution in [0.3, 0.4) is 0 Å². The predicted octanol–water partition coefficient (Wildman–Crippen LogP) is 1.55. The van der Waals surface area contributed by atoms with Gasteiger partial charge < -0.3 is 9.84 Å². The molecule has 0 aliphatic heterocycles. The Balaban J connectivity index is 2.33. The lowest BCUT2D eigenvalue weighted by atomic mass is 10.2. The van der Waals surface area contributed by atoms with Crippen LogP contribution in [0.5, 0.6) is 0 Å². The molecule has 4 heteroatoms. The molecule has 1 aromatic carbocycles. The van der Waals surface area contributed by atoms with Crippen LogP contribution in [-0.2, 0) is 4.74 Å². The minimum Gasteiger partial charge on any atom is -0.384 e. The Morgan fingerprint density at radius 2 is 2.06 bits per heavy atom. The van der Waals surface area contributed by atoms with E-state index in [4.69, 9.17) is 4.74 Å². The molecule has 0 fully saturated rings. The number of methoxy groups -OCH3 is 1. The zero-order valence-electron chi connectivity index (χ0n) is 9.08. The number of nitrogens with zero attached hydrogens (tertiary/aromatic N) is 2. The average molecular weight is 218 g/mol. The highest BCUT2D eigenvalue weighted by molar-refractivity contribution is 5.32. The Kier molecular flexibility index (Phi) is 3.34. The first-order chi connectivity index (χ1) is 7.83. The molecule has 2 aromatic rings. The summed E-state index contributed by atoms with van der Waals surface area (Å²) in [5, 5.41) is 14.1. The molecule has 1 N–H and O–H groups in total. The molecule has 2 rings (SSSR count). The van der Waals surface area contributed by atoms with Gasteiger partial charge in [-0.25, -0.2) is 4.68 Å². The molecule has 4 nitrogen and oxygen atoms in total. The van der Waals surface area contributed by atoms with Crippen molar-refractivity contribution in [1.29, 1.82) is 0 Å². The zero-order chi connectivity index (χ0) is 11.4. The van der Waals surface area contributed by atoms with Crippen molar-refractivity contribution in [2.24, 2.45) is 0 Å². The molecule has 0 bridgehead atoms. The van der Waals surface area contributed by atoms with Gasteiger partial charge in [-0.15, -0.1) is 0 Å². The molecular weight excluding hydrogens is 204 g/mol. The van der Waals surface area contributed by atoms with Gasteiger partial charge >= 0.3 is 0 Å². The molecular formula is C12H14N2O2. The topological polar surface area (TPSA) is 47.3 Å². The second-order valence-corrected chi connectivity index (χ2v) is 3.47. The zero-order valence-corrected chi connectivity index (χ0v) is 9.08. The summed E-state index contributed by atoms with van der Waals surface area (Å²) >= 11 is 0. The first kappa shape index (κ1) is 10.9. The molecule has 0 saturated carbocycles. The molecule has 0 aliphatic rings. The van der Waals surface area contributed by atoms with Crippen molar-refractivity contribution in [3.63, 3.8) is 0 Å². The van der Waals surface area contributed by atoms with Crippen LogP contribution in [-0.4, -0.2) is 28.6 Å². The summed E-state index contributed by atoms with van der Waals surface area (Å²) in [5.41, 5.74) is 1.66. The smallest absolute Gasteiger partial charge is 0.119 e. The molecule has 0 aliphatic carbocycles. The van der Waals surface area contributed by atoms with E-state index in [2.05, 4.69) is 5.10 Å². The first-order valence-electron chi connectivity index (χ1n) is 5.09. The largest absolute Gasteiger partial charge is 0.384 e. The fourth-order valence-electron chi connectivity index (χ4n) is 1.59.